The van der Waals surface area contributed by atoms with Crippen molar-refractivity contribution in [2.45, 2.75) is 19.8 Å². The summed E-state index contributed by atoms with van der Waals surface area (Å²) in [4.78, 5) is 11.1. The van der Waals surface area contributed by atoms with E-state index in [2.05, 4.69) is 0 Å². The van der Waals surface area contributed by atoms with E-state index < -0.39 is 0 Å². The Morgan fingerprint density at radius 2 is 2.20 bits per heavy atom. The van der Waals surface area contributed by atoms with Crippen LogP contribution in [0.4, 0.5) is 4.39 Å². The number of esters is 1. The summed E-state index contributed by atoms with van der Waals surface area (Å²) in [6.45, 7) is 2.16. The lowest BCUT2D eigenvalue weighted by atomic mass is 10.1. The van der Waals surface area contributed by atoms with Gasteiger partial charge < -0.3 is 4.74 Å². The molecule has 0 spiro atoms. The molecule has 0 atom stereocenters. The lowest BCUT2D eigenvalue weighted by molar-refractivity contribution is -0.143. The summed E-state index contributed by atoms with van der Waals surface area (Å²) in [6, 6.07) is 4.76. The number of carbonyl (C=O) groups is 1. The number of hydrogen-bond acceptors (Lipinski definition) is 2. The number of rotatable bonds is 4. The topological polar surface area (TPSA) is 26.3 Å². The van der Waals surface area contributed by atoms with Gasteiger partial charge in [0.05, 0.1) is 6.61 Å². The molecule has 1 aromatic carbocycles. The Bertz CT molecular complexity index is 332. The molecule has 0 N–H and O–H groups in total. The number of hydrogen-bond donors (Lipinski definition) is 0. The molecule has 0 unspecified atom stereocenters. The fourth-order valence-corrected chi connectivity index (χ4v) is 1.93. The zero-order valence-corrected chi connectivity index (χ0v) is 10.6. The van der Waals surface area contributed by atoms with Crippen LogP contribution in [0.1, 0.15) is 18.9 Å². The van der Waals surface area contributed by atoms with Gasteiger partial charge in [0.15, 0.2) is 0 Å². The molecule has 0 saturated heterocycles. The van der Waals surface area contributed by atoms with Crippen molar-refractivity contribution >= 4 is 28.6 Å². The number of halogens is 2. The lowest BCUT2D eigenvalue weighted by Gasteiger charge is -2.03. The van der Waals surface area contributed by atoms with Crippen LogP contribution in [0, 0.1) is 9.39 Å². The number of aryl methyl sites for hydroxylation is 1. The van der Waals surface area contributed by atoms with Crippen LogP contribution in [-0.4, -0.2) is 12.6 Å². The van der Waals surface area contributed by atoms with Crippen LogP contribution in [0.15, 0.2) is 18.2 Å². The Morgan fingerprint density at radius 1 is 1.47 bits per heavy atom. The Labute approximate surface area is 102 Å². The maximum atomic E-state index is 13.0. The molecule has 4 heteroatoms. The molecule has 0 radical (unpaired) electrons. The third-order valence-corrected chi connectivity index (χ3v) is 2.47. The third-order valence-electron chi connectivity index (χ3n) is 1.85. The van der Waals surface area contributed by atoms with Crippen LogP contribution in [0.5, 0.6) is 0 Å². The second-order valence-electron chi connectivity index (χ2n) is 3.08. The first kappa shape index (κ1) is 12.4. The molecule has 0 aromatic heterocycles. The predicted octanol–water partition coefficient (Wildman–Crippen LogP) is 2.93. The SMILES string of the molecule is CCOC(=O)CCc1cc(F)cc(I)c1. The van der Waals surface area contributed by atoms with E-state index in [-0.39, 0.29) is 11.8 Å². The molecular weight excluding hydrogens is 310 g/mol. The predicted molar refractivity (Wildman–Crippen MR) is 64.1 cm³/mol. The molecule has 0 amide bonds. The van der Waals surface area contributed by atoms with Crippen LogP contribution in [0.3, 0.4) is 0 Å². The standard InChI is InChI=1S/C11H12FIO2/c1-2-15-11(14)4-3-8-5-9(12)7-10(13)6-8/h5-7H,2-4H2,1H3. The van der Waals surface area contributed by atoms with Crippen molar-refractivity contribution in [2.24, 2.45) is 0 Å². The van der Waals surface area contributed by atoms with Crippen LogP contribution in [-0.2, 0) is 16.0 Å². The summed E-state index contributed by atoms with van der Waals surface area (Å²) in [6.07, 6.45) is 0.819. The van der Waals surface area contributed by atoms with Gasteiger partial charge in [0.2, 0.25) is 0 Å². The maximum absolute atomic E-state index is 13.0. The largest absolute Gasteiger partial charge is 0.466 e. The average Bonchev–Trinajstić information content (AvgIpc) is 2.14. The highest BCUT2D eigenvalue weighted by Crippen LogP contribution is 2.13. The molecule has 0 aliphatic carbocycles. The van der Waals surface area contributed by atoms with Gasteiger partial charge in [-0.1, -0.05) is 0 Å². The summed E-state index contributed by atoms with van der Waals surface area (Å²) >= 11 is 2.05. The molecular formula is C11H12FIO2. The van der Waals surface area contributed by atoms with Gasteiger partial charge in [-0.15, -0.1) is 0 Å². The summed E-state index contributed by atoms with van der Waals surface area (Å²) < 4.78 is 18.6. The van der Waals surface area contributed by atoms with E-state index in [4.69, 9.17) is 4.74 Å². The van der Waals surface area contributed by atoms with Crippen LogP contribution in [0.25, 0.3) is 0 Å². The molecule has 0 aliphatic heterocycles. The molecule has 0 fully saturated rings. The number of ether oxygens (including phenoxy) is 1. The van der Waals surface area contributed by atoms with Crippen LogP contribution in [0.2, 0.25) is 0 Å². The van der Waals surface area contributed by atoms with Crippen molar-refractivity contribution in [3.8, 4) is 0 Å². The molecule has 0 heterocycles. The molecule has 0 aliphatic rings. The van der Waals surface area contributed by atoms with Crippen LogP contribution >= 0.6 is 22.6 Å². The first-order valence-corrected chi connectivity index (χ1v) is 5.80. The Hall–Kier alpha value is -0.650. The third kappa shape index (κ3) is 4.59. The first-order chi connectivity index (χ1) is 7.11. The second kappa shape index (κ2) is 6.05. The van der Waals surface area contributed by atoms with E-state index in [0.717, 1.165) is 9.13 Å². The van der Waals surface area contributed by atoms with E-state index in [1.165, 1.54) is 12.1 Å². The van der Waals surface area contributed by atoms with Gasteiger partial charge in [-0.3, -0.25) is 4.79 Å². The highest BCUT2D eigenvalue weighted by Gasteiger charge is 2.04. The summed E-state index contributed by atoms with van der Waals surface area (Å²) in [7, 11) is 0. The van der Waals surface area contributed by atoms with Gasteiger partial charge in [0, 0.05) is 9.99 Å². The fourth-order valence-electron chi connectivity index (χ4n) is 1.23. The van der Waals surface area contributed by atoms with Gasteiger partial charge in [0.25, 0.3) is 0 Å². The van der Waals surface area contributed by atoms with Crippen molar-refractivity contribution in [2.75, 3.05) is 6.61 Å². The Kier molecular flexibility index (Phi) is 5.01. The lowest BCUT2D eigenvalue weighted by Crippen LogP contribution is -2.05. The highest BCUT2D eigenvalue weighted by molar-refractivity contribution is 14.1. The van der Waals surface area contributed by atoms with Crippen molar-refractivity contribution < 1.29 is 13.9 Å². The number of benzene rings is 1. The van der Waals surface area contributed by atoms with Gasteiger partial charge in [0.1, 0.15) is 5.82 Å². The minimum atomic E-state index is -0.263. The van der Waals surface area contributed by atoms with Crippen LogP contribution < -0.4 is 0 Å². The maximum Gasteiger partial charge on any atom is 0.306 e. The molecule has 2 nitrogen and oxygen atoms in total. The smallest absolute Gasteiger partial charge is 0.306 e. The summed E-state index contributed by atoms with van der Waals surface area (Å²) in [5.41, 5.74) is 0.826. The van der Waals surface area contributed by atoms with Gasteiger partial charge >= 0.3 is 5.97 Å². The minimum absolute atomic E-state index is 0.239. The molecule has 1 rings (SSSR count). The first-order valence-electron chi connectivity index (χ1n) is 4.72. The summed E-state index contributed by atoms with van der Waals surface area (Å²) in [5.74, 6) is -0.502. The molecule has 0 saturated carbocycles. The highest BCUT2D eigenvalue weighted by atomic mass is 127. The molecule has 15 heavy (non-hydrogen) atoms. The molecule has 1 aromatic rings. The van der Waals surface area contributed by atoms with Crippen molar-refractivity contribution in [3.05, 3.63) is 33.1 Å². The van der Waals surface area contributed by atoms with Crippen molar-refractivity contribution in [3.63, 3.8) is 0 Å². The number of carbonyl (C=O) groups excluding carboxylic acids is 1. The van der Waals surface area contributed by atoms with E-state index in [1.807, 2.05) is 28.7 Å². The zero-order chi connectivity index (χ0) is 11.3. The fraction of sp³-hybridized carbons (Fsp3) is 0.364. The quantitative estimate of drug-likeness (QED) is 0.629. The zero-order valence-electron chi connectivity index (χ0n) is 8.43. The van der Waals surface area contributed by atoms with E-state index in [1.54, 1.807) is 6.92 Å². The Balaban J connectivity index is 2.54. The normalized spacial score (nSPS) is 10.1. The van der Waals surface area contributed by atoms with Crippen molar-refractivity contribution in [1.82, 2.24) is 0 Å². The van der Waals surface area contributed by atoms with Gasteiger partial charge in [-0.05, 0) is 59.7 Å². The molecule has 0 bridgehead atoms. The second-order valence-corrected chi connectivity index (χ2v) is 4.33. The van der Waals surface area contributed by atoms with E-state index in [0.29, 0.717) is 19.4 Å². The average molecular weight is 322 g/mol. The van der Waals surface area contributed by atoms with Gasteiger partial charge in [-0.2, -0.15) is 0 Å². The summed E-state index contributed by atoms with van der Waals surface area (Å²) in [5, 5.41) is 0. The van der Waals surface area contributed by atoms with Gasteiger partial charge in [-0.25, -0.2) is 4.39 Å². The van der Waals surface area contributed by atoms with E-state index >= 15 is 0 Å². The Morgan fingerprint density at radius 3 is 2.80 bits per heavy atom. The molecule has 82 valence electrons. The van der Waals surface area contributed by atoms with E-state index in [9.17, 15) is 9.18 Å². The van der Waals surface area contributed by atoms with Crippen molar-refractivity contribution in [1.29, 1.82) is 0 Å². The minimum Gasteiger partial charge on any atom is -0.466 e. The monoisotopic (exact) mass is 322 g/mol.